The summed E-state index contributed by atoms with van der Waals surface area (Å²) >= 11 is 0. The predicted octanol–water partition coefficient (Wildman–Crippen LogP) is 3.10. The lowest BCUT2D eigenvalue weighted by molar-refractivity contribution is 0.0963. The van der Waals surface area contributed by atoms with E-state index >= 15 is 0 Å². The summed E-state index contributed by atoms with van der Waals surface area (Å²) in [6, 6.07) is 13.9. The summed E-state index contributed by atoms with van der Waals surface area (Å²) in [5, 5.41) is 9.08. The highest BCUT2D eigenvalue weighted by atomic mass is 127. The molecule has 0 saturated carbocycles. The van der Waals surface area contributed by atoms with Gasteiger partial charge in [-0.15, -0.1) is 24.0 Å². The summed E-state index contributed by atoms with van der Waals surface area (Å²) in [6.45, 7) is 3.99. The number of aliphatic imine (C=N–C) groups is 1. The van der Waals surface area contributed by atoms with E-state index in [0.29, 0.717) is 18.7 Å². The number of benzene rings is 2. The Morgan fingerprint density at radius 1 is 1.00 bits per heavy atom. The summed E-state index contributed by atoms with van der Waals surface area (Å²) in [4.78, 5) is 16.1. The maximum Gasteiger partial charge on any atom is 0.251 e. The molecule has 7 heteroatoms. The van der Waals surface area contributed by atoms with Crippen LogP contribution in [0.4, 0.5) is 4.39 Å². The topological polar surface area (TPSA) is 65.5 Å². The fourth-order valence-electron chi connectivity index (χ4n) is 2.39. The molecule has 0 spiro atoms. The zero-order valence-electron chi connectivity index (χ0n) is 15.6. The van der Waals surface area contributed by atoms with E-state index < -0.39 is 0 Å². The van der Waals surface area contributed by atoms with Crippen molar-refractivity contribution in [2.45, 2.75) is 19.9 Å². The van der Waals surface area contributed by atoms with E-state index in [2.05, 4.69) is 20.9 Å². The van der Waals surface area contributed by atoms with E-state index in [1.165, 1.54) is 12.1 Å². The van der Waals surface area contributed by atoms with Crippen LogP contribution in [0.15, 0.2) is 53.5 Å². The molecule has 0 aliphatic heterocycles. The Bertz CT molecular complexity index is 733. The molecular formula is C20H26FIN4O. The number of hydrogen-bond donors (Lipinski definition) is 3. The number of hydrogen-bond acceptors (Lipinski definition) is 2. The normalized spacial score (nSPS) is 10.7. The van der Waals surface area contributed by atoms with E-state index in [9.17, 15) is 9.18 Å². The van der Waals surface area contributed by atoms with Gasteiger partial charge in [0.05, 0.1) is 6.54 Å². The molecule has 0 atom stereocenters. The van der Waals surface area contributed by atoms with Crippen LogP contribution in [0.3, 0.4) is 0 Å². The molecule has 0 aromatic heterocycles. The van der Waals surface area contributed by atoms with Crippen molar-refractivity contribution in [3.05, 3.63) is 71.0 Å². The average Bonchev–Trinajstić information content (AvgIpc) is 2.67. The van der Waals surface area contributed by atoms with E-state index in [1.807, 2.05) is 19.1 Å². The number of carbonyl (C=O) groups is 1. The second-order valence-corrected chi connectivity index (χ2v) is 5.77. The smallest absolute Gasteiger partial charge is 0.251 e. The number of guanidine groups is 1. The molecule has 1 amide bonds. The molecule has 2 aromatic rings. The quantitative estimate of drug-likeness (QED) is 0.322. The van der Waals surface area contributed by atoms with Gasteiger partial charge < -0.3 is 16.0 Å². The van der Waals surface area contributed by atoms with Gasteiger partial charge in [-0.25, -0.2) is 9.38 Å². The molecule has 27 heavy (non-hydrogen) atoms. The molecule has 0 unspecified atom stereocenters. The average molecular weight is 484 g/mol. The molecule has 0 heterocycles. The number of rotatable bonds is 7. The van der Waals surface area contributed by atoms with Crippen molar-refractivity contribution in [3.63, 3.8) is 0 Å². The molecule has 0 bridgehead atoms. The first kappa shape index (κ1) is 22.9. The standard InChI is InChI=1S/C20H25FN4O.HI/c1-3-23-20(24-13-12-15-6-10-18(21)11-7-15)25-14-16-4-8-17(9-5-16)19(26)22-2;/h4-11H,3,12-14H2,1-2H3,(H,22,26)(H2,23,24,25);1H. The lowest BCUT2D eigenvalue weighted by Gasteiger charge is -2.11. The van der Waals surface area contributed by atoms with Crippen LogP contribution in [0.5, 0.6) is 0 Å². The minimum absolute atomic E-state index is 0. The molecule has 2 aromatic carbocycles. The van der Waals surface area contributed by atoms with Crippen LogP contribution >= 0.6 is 24.0 Å². The number of nitrogens with one attached hydrogen (secondary N) is 3. The van der Waals surface area contributed by atoms with Crippen molar-refractivity contribution >= 4 is 35.8 Å². The fourth-order valence-corrected chi connectivity index (χ4v) is 2.39. The van der Waals surface area contributed by atoms with Gasteiger partial charge in [-0.05, 0) is 48.7 Å². The van der Waals surface area contributed by atoms with Gasteiger partial charge in [-0.1, -0.05) is 24.3 Å². The summed E-state index contributed by atoms with van der Waals surface area (Å²) in [7, 11) is 1.61. The third-order valence-electron chi connectivity index (χ3n) is 3.83. The Morgan fingerprint density at radius 3 is 2.22 bits per heavy atom. The van der Waals surface area contributed by atoms with Crippen molar-refractivity contribution in [1.29, 1.82) is 0 Å². The first-order valence-corrected chi connectivity index (χ1v) is 8.70. The summed E-state index contributed by atoms with van der Waals surface area (Å²) < 4.78 is 12.9. The van der Waals surface area contributed by atoms with Crippen LogP contribution in [0.1, 0.15) is 28.4 Å². The SMILES string of the molecule is CCNC(=NCc1ccc(C(=O)NC)cc1)NCCc1ccc(F)cc1.I. The van der Waals surface area contributed by atoms with Crippen LogP contribution in [0, 0.1) is 5.82 Å². The van der Waals surface area contributed by atoms with Crippen molar-refractivity contribution in [3.8, 4) is 0 Å². The Hall–Kier alpha value is -2.16. The summed E-state index contributed by atoms with van der Waals surface area (Å²) in [6.07, 6.45) is 0.783. The van der Waals surface area contributed by atoms with Crippen LogP contribution in [-0.4, -0.2) is 32.0 Å². The largest absolute Gasteiger partial charge is 0.357 e. The predicted molar refractivity (Wildman–Crippen MR) is 118 cm³/mol. The Kier molecular flexibility index (Phi) is 10.4. The zero-order chi connectivity index (χ0) is 18.8. The molecule has 5 nitrogen and oxygen atoms in total. The van der Waals surface area contributed by atoms with Gasteiger partial charge in [-0.2, -0.15) is 0 Å². The van der Waals surface area contributed by atoms with Gasteiger partial charge in [0.25, 0.3) is 5.91 Å². The number of halogens is 2. The van der Waals surface area contributed by atoms with Crippen molar-refractivity contribution in [1.82, 2.24) is 16.0 Å². The highest BCUT2D eigenvalue weighted by Gasteiger charge is 2.03. The van der Waals surface area contributed by atoms with Crippen LogP contribution in [0.2, 0.25) is 0 Å². The van der Waals surface area contributed by atoms with E-state index in [-0.39, 0.29) is 35.7 Å². The molecule has 0 saturated heterocycles. The molecule has 3 N–H and O–H groups in total. The van der Waals surface area contributed by atoms with Crippen LogP contribution < -0.4 is 16.0 Å². The highest BCUT2D eigenvalue weighted by Crippen LogP contribution is 2.06. The molecule has 0 aliphatic carbocycles. The first-order valence-electron chi connectivity index (χ1n) is 8.70. The second-order valence-electron chi connectivity index (χ2n) is 5.77. The zero-order valence-corrected chi connectivity index (χ0v) is 17.9. The van der Waals surface area contributed by atoms with Crippen molar-refractivity contribution in [2.24, 2.45) is 4.99 Å². The number of nitrogens with zero attached hydrogens (tertiary/aromatic N) is 1. The monoisotopic (exact) mass is 484 g/mol. The van der Waals surface area contributed by atoms with Gasteiger partial charge in [0.1, 0.15) is 5.82 Å². The third-order valence-corrected chi connectivity index (χ3v) is 3.83. The van der Waals surface area contributed by atoms with Gasteiger partial charge in [0.2, 0.25) is 0 Å². The minimum atomic E-state index is -0.223. The van der Waals surface area contributed by atoms with Crippen LogP contribution in [-0.2, 0) is 13.0 Å². The number of carbonyl (C=O) groups excluding carboxylic acids is 1. The van der Waals surface area contributed by atoms with Gasteiger partial charge in [-0.3, -0.25) is 4.79 Å². The van der Waals surface area contributed by atoms with Gasteiger partial charge in [0, 0.05) is 25.7 Å². The molecule has 146 valence electrons. The third kappa shape index (κ3) is 7.94. The van der Waals surface area contributed by atoms with E-state index in [0.717, 1.165) is 30.1 Å². The maximum absolute atomic E-state index is 12.9. The molecular weight excluding hydrogens is 458 g/mol. The van der Waals surface area contributed by atoms with E-state index in [4.69, 9.17) is 0 Å². The molecule has 2 rings (SSSR count). The Morgan fingerprint density at radius 2 is 1.63 bits per heavy atom. The first-order chi connectivity index (χ1) is 12.6. The molecule has 0 aliphatic rings. The summed E-state index contributed by atoms with van der Waals surface area (Å²) in [5.74, 6) is 0.403. The van der Waals surface area contributed by atoms with Gasteiger partial charge >= 0.3 is 0 Å². The van der Waals surface area contributed by atoms with E-state index in [1.54, 1.807) is 31.3 Å². The van der Waals surface area contributed by atoms with Gasteiger partial charge in [0.15, 0.2) is 5.96 Å². The lowest BCUT2D eigenvalue weighted by atomic mass is 10.1. The second kappa shape index (κ2) is 12.3. The van der Waals surface area contributed by atoms with Crippen molar-refractivity contribution < 1.29 is 9.18 Å². The fraction of sp³-hybridized carbons (Fsp3) is 0.300. The maximum atomic E-state index is 12.9. The number of amides is 1. The van der Waals surface area contributed by atoms with Crippen molar-refractivity contribution in [2.75, 3.05) is 20.1 Å². The highest BCUT2D eigenvalue weighted by molar-refractivity contribution is 14.0. The summed E-state index contributed by atoms with van der Waals surface area (Å²) in [5.41, 5.74) is 2.72. The molecule has 0 radical (unpaired) electrons. The Balaban J connectivity index is 0.00000364. The molecule has 0 fully saturated rings. The van der Waals surface area contributed by atoms with Crippen LogP contribution in [0.25, 0.3) is 0 Å². The minimum Gasteiger partial charge on any atom is -0.357 e. The Labute approximate surface area is 176 Å². The lowest BCUT2D eigenvalue weighted by Crippen LogP contribution is -2.38.